The minimum Gasteiger partial charge on any atom is -0.494 e. The largest absolute Gasteiger partial charge is 0.494 e. The molecule has 0 aliphatic heterocycles. The highest BCUT2D eigenvalue weighted by molar-refractivity contribution is 6.05. The van der Waals surface area contributed by atoms with E-state index in [2.05, 4.69) is 10.3 Å². The molecule has 0 saturated heterocycles. The van der Waals surface area contributed by atoms with Crippen LogP contribution < -0.4 is 10.1 Å². The van der Waals surface area contributed by atoms with Gasteiger partial charge in [0.15, 0.2) is 0 Å². The van der Waals surface area contributed by atoms with Gasteiger partial charge in [-0.15, -0.1) is 0 Å². The quantitative estimate of drug-likeness (QED) is 0.888. The zero-order valence-corrected chi connectivity index (χ0v) is 13.5. The van der Waals surface area contributed by atoms with E-state index in [4.69, 9.17) is 9.47 Å². The lowest BCUT2D eigenvalue weighted by molar-refractivity contribution is -0.136. The number of nitrogens with one attached hydrogen (secondary N) is 1. The minimum atomic E-state index is -0.844. The summed E-state index contributed by atoms with van der Waals surface area (Å²) in [4.78, 5) is 16.9. The zero-order chi connectivity index (χ0) is 16.2. The Kier molecular flexibility index (Phi) is 4.98. The monoisotopic (exact) mass is 302 g/mol. The van der Waals surface area contributed by atoms with Crippen molar-refractivity contribution in [2.75, 3.05) is 19.5 Å². The summed E-state index contributed by atoms with van der Waals surface area (Å²) in [6, 6.07) is 7.36. The molecule has 0 aliphatic carbocycles. The number of nitrogens with zero attached hydrogens (tertiary/aromatic N) is 1. The number of carbonyl (C=O) groups excluding carboxylic acids is 1. The number of carbonyl (C=O) groups is 1. The molecular weight excluding hydrogens is 280 g/mol. The van der Waals surface area contributed by atoms with Gasteiger partial charge in [-0.2, -0.15) is 0 Å². The average Bonchev–Trinajstić information content (AvgIpc) is 2.55. The molecule has 0 spiro atoms. The number of anilines is 1. The molecule has 1 heterocycles. The van der Waals surface area contributed by atoms with Crippen LogP contribution in [0.15, 0.2) is 30.5 Å². The molecule has 0 radical (unpaired) electrons. The second-order valence-corrected chi connectivity index (χ2v) is 5.35. The van der Waals surface area contributed by atoms with Gasteiger partial charge in [0.2, 0.25) is 0 Å². The molecule has 0 aliphatic rings. The molecule has 118 valence electrons. The Morgan fingerprint density at radius 3 is 2.73 bits per heavy atom. The first-order valence-corrected chi connectivity index (χ1v) is 7.34. The van der Waals surface area contributed by atoms with E-state index in [9.17, 15) is 4.79 Å². The number of pyridine rings is 1. The molecule has 1 N–H and O–H groups in total. The molecule has 1 aromatic heterocycles. The van der Waals surface area contributed by atoms with Gasteiger partial charge in [0.25, 0.3) is 5.91 Å². The van der Waals surface area contributed by atoms with Crippen LogP contribution in [0.5, 0.6) is 5.75 Å². The van der Waals surface area contributed by atoms with Crippen molar-refractivity contribution >= 4 is 22.5 Å². The number of benzene rings is 1. The summed E-state index contributed by atoms with van der Waals surface area (Å²) in [6.07, 6.45) is 3.22. The second-order valence-electron chi connectivity index (χ2n) is 5.35. The minimum absolute atomic E-state index is 0.160. The van der Waals surface area contributed by atoms with E-state index in [-0.39, 0.29) is 5.91 Å². The van der Waals surface area contributed by atoms with Crippen molar-refractivity contribution in [1.29, 1.82) is 0 Å². The summed E-state index contributed by atoms with van der Waals surface area (Å²) < 4.78 is 10.7. The Morgan fingerprint density at radius 2 is 2.09 bits per heavy atom. The van der Waals surface area contributed by atoms with Gasteiger partial charge in [-0.25, -0.2) is 0 Å². The van der Waals surface area contributed by atoms with Gasteiger partial charge in [-0.3, -0.25) is 9.78 Å². The standard InChI is InChI=1S/C17H22N2O3/c1-5-10-17(2,22-4)16(20)19-13-8-9-14(21-3)15-12(13)7-6-11-18-15/h6-9,11H,5,10H2,1-4H3,(H,19,20)/t17-/m0/s1. The Hall–Kier alpha value is -2.14. The lowest BCUT2D eigenvalue weighted by atomic mass is 9.99. The number of methoxy groups -OCH3 is 2. The predicted octanol–water partition coefficient (Wildman–Crippen LogP) is 3.39. The Labute approximate surface area is 130 Å². The van der Waals surface area contributed by atoms with Crippen molar-refractivity contribution < 1.29 is 14.3 Å². The molecular formula is C17H22N2O3. The molecule has 1 aromatic carbocycles. The lowest BCUT2D eigenvalue weighted by Crippen LogP contribution is -2.41. The van der Waals surface area contributed by atoms with Crippen molar-refractivity contribution in [3.05, 3.63) is 30.5 Å². The summed E-state index contributed by atoms with van der Waals surface area (Å²) >= 11 is 0. The van der Waals surface area contributed by atoms with Gasteiger partial charge < -0.3 is 14.8 Å². The second kappa shape index (κ2) is 6.75. The molecule has 2 aromatic rings. The van der Waals surface area contributed by atoms with Crippen LogP contribution in [-0.4, -0.2) is 30.7 Å². The molecule has 2 rings (SSSR count). The third-order valence-corrected chi connectivity index (χ3v) is 3.86. The Morgan fingerprint density at radius 1 is 1.32 bits per heavy atom. The highest BCUT2D eigenvalue weighted by Crippen LogP contribution is 2.30. The maximum absolute atomic E-state index is 12.6. The van der Waals surface area contributed by atoms with E-state index < -0.39 is 5.60 Å². The summed E-state index contributed by atoms with van der Waals surface area (Å²) in [5.41, 5.74) is 0.578. The van der Waals surface area contributed by atoms with Gasteiger partial charge in [-0.1, -0.05) is 13.3 Å². The van der Waals surface area contributed by atoms with Crippen LogP contribution in [0.25, 0.3) is 10.9 Å². The van der Waals surface area contributed by atoms with E-state index in [1.54, 1.807) is 33.4 Å². The van der Waals surface area contributed by atoms with Crippen LogP contribution in [0.3, 0.4) is 0 Å². The van der Waals surface area contributed by atoms with E-state index in [0.29, 0.717) is 17.9 Å². The van der Waals surface area contributed by atoms with Crippen LogP contribution >= 0.6 is 0 Å². The fourth-order valence-corrected chi connectivity index (χ4v) is 2.46. The third kappa shape index (κ3) is 3.04. The molecule has 0 fully saturated rings. The molecule has 22 heavy (non-hydrogen) atoms. The Balaban J connectivity index is 2.38. The van der Waals surface area contributed by atoms with Crippen LogP contribution in [0, 0.1) is 0 Å². The number of hydrogen-bond donors (Lipinski definition) is 1. The fourth-order valence-electron chi connectivity index (χ4n) is 2.46. The number of ether oxygens (including phenoxy) is 2. The first-order valence-electron chi connectivity index (χ1n) is 7.34. The van der Waals surface area contributed by atoms with Gasteiger partial charge in [0.05, 0.1) is 12.8 Å². The van der Waals surface area contributed by atoms with E-state index in [1.807, 2.05) is 25.1 Å². The molecule has 1 amide bonds. The van der Waals surface area contributed by atoms with Crippen molar-refractivity contribution in [3.63, 3.8) is 0 Å². The van der Waals surface area contributed by atoms with E-state index in [0.717, 1.165) is 17.3 Å². The SMILES string of the molecule is CCC[C@](C)(OC)C(=O)Nc1ccc(OC)c2ncccc12. The first kappa shape index (κ1) is 16.2. The smallest absolute Gasteiger partial charge is 0.256 e. The number of amides is 1. The highest BCUT2D eigenvalue weighted by Gasteiger charge is 2.32. The summed E-state index contributed by atoms with van der Waals surface area (Å²) in [5.74, 6) is 0.517. The molecule has 0 saturated carbocycles. The summed E-state index contributed by atoms with van der Waals surface area (Å²) in [7, 11) is 3.16. The average molecular weight is 302 g/mol. The molecule has 0 unspecified atom stereocenters. The maximum atomic E-state index is 12.6. The topological polar surface area (TPSA) is 60.5 Å². The van der Waals surface area contributed by atoms with Crippen molar-refractivity contribution in [1.82, 2.24) is 4.98 Å². The summed E-state index contributed by atoms with van der Waals surface area (Å²) in [5, 5.41) is 3.79. The van der Waals surface area contributed by atoms with Crippen molar-refractivity contribution in [2.45, 2.75) is 32.3 Å². The van der Waals surface area contributed by atoms with Crippen LogP contribution in [0.2, 0.25) is 0 Å². The van der Waals surface area contributed by atoms with Gasteiger partial charge in [-0.05, 0) is 37.6 Å². The number of aromatic nitrogens is 1. The number of rotatable bonds is 6. The van der Waals surface area contributed by atoms with E-state index in [1.165, 1.54) is 0 Å². The van der Waals surface area contributed by atoms with E-state index >= 15 is 0 Å². The third-order valence-electron chi connectivity index (χ3n) is 3.86. The first-order chi connectivity index (χ1) is 10.6. The number of fused-ring (bicyclic) bond motifs is 1. The Bertz CT molecular complexity index is 672. The normalized spacial score (nSPS) is 13.6. The van der Waals surface area contributed by atoms with Gasteiger partial charge in [0.1, 0.15) is 16.9 Å². The van der Waals surface area contributed by atoms with Gasteiger partial charge >= 0.3 is 0 Å². The summed E-state index contributed by atoms with van der Waals surface area (Å²) in [6.45, 7) is 3.83. The van der Waals surface area contributed by atoms with Crippen LogP contribution in [0.1, 0.15) is 26.7 Å². The zero-order valence-electron chi connectivity index (χ0n) is 13.5. The maximum Gasteiger partial charge on any atom is 0.256 e. The van der Waals surface area contributed by atoms with Crippen molar-refractivity contribution in [3.8, 4) is 5.75 Å². The fraction of sp³-hybridized carbons (Fsp3) is 0.412. The molecule has 0 bridgehead atoms. The number of hydrogen-bond acceptors (Lipinski definition) is 4. The van der Waals surface area contributed by atoms with Crippen molar-refractivity contribution in [2.24, 2.45) is 0 Å². The highest BCUT2D eigenvalue weighted by atomic mass is 16.5. The van der Waals surface area contributed by atoms with Crippen LogP contribution in [-0.2, 0) is 9.53 Å². The molecule has 5 heteroatoms. The molecule has 5 nitrogen and oxygen atoms in total. The van der Waals surface area contributed by atoms with Crippen LogP contribution in [0.4, 0.5) is 5.69 Å². The molecule has 1 atom stereocenters. The predicted molar refractivity (Wildman–Crippen MR) is 87.2 cm³/mol. The lowest BCUT2D eigenvalue weighted by Gasteiger charge is -2.26. The van der Waals surface area contributed by atoms with Gasteiger partial charge in [0, 0.05) is 18.7 Å².